The fraction of sp³-hybridized carbons (Fsp3) is 0.565. The van der Waals surface area contributed by atoms with Crippen molar-refractivity contribution in [3.05, 3.63) is 23.8 Å². The van der Waals surface area contributed by atoms with Crippen molar-refractivity contribution in [2.24, 2.45) is 11.7 Å². The molecule has 1 aromatic carbocycles. The minimum absolute atomic E-state index is 0.0281. The number of nitrogens with two attached hydrogens (primary N) is 1. The topological polar surface area (TPSA) is 140 Å². The molecule has 4 atom stereocenters. The van der Waals surface area contributed by atoms with Crippen molar-refractivity contribution in [3.63, 3.8) is 0 Å². The lowest BCUT2D eigenvalue weighted by atomic mass is 10.1. The highest BCUT2D eigenvalue weighted by Gasteiger charge is 2.26. The van der Waals surface area contributed by atoms with E-state index in [1.807, 2.05) is 13.8 Å². The van der Waals surface area contributed by atoms with Gasteiger partial charge < -0.3 is 29.4 Å². The third-order valence-corrected chi connectivity index (χ3v) is 4.74. The summed E-state index contributed by atoms with van der Waals surface area (Å²) < 4.78 is 25.7. The Morgan fingerprint density at radius 2 is 1.30 bits per heavy atom. The third kappa shape index (κ3) is 9.90. The van der Waals surface area contributed by atoms with Gasteiger partial charge in [-0.25, -0.2) is 4.79 Å². The second kappa shape index (κ2) is 12.8. The molecule has 1 aromatic rings. The molecule has 0 aliphatic carbocycles. The summed E-state index contributed by atoms with van der Waals surface area (Å²) in [6.07, 6.45) is -2.63. The van der Waals surface area contributed by atoms with Crippen molar-refractivity contribution in [2.75, 3.05) is 0 Å². The molecule has 0 aliphatic rings. The van der Waals surface area contributed by atoms with Crippen LogP contribution in [0, 0.1) is 5.92 Å². The van der Waals surface area contributed by atoms with Gasteiger partial charge in [0.25, 0.3) is 0 Å². The lowest BCUT2D eigenvalue weighted by Crippen LogP contribution is -2.39. The number of carbonyl (C=O) groups excluding carboxylic acids is 4. The van der Waals surface area contributed by atoms with E-state index in [-0.39, 0.29) is 29.9 Å². The zero-order valence-electron chi connectivity index (χ0n) is 20.1. The average Bonchev–Trinajstić information content (AvgIpc) is 2.68. The summed E-state index contributed by atoms with van der Waals surface area (Å²) in [6.45, 7) is 11.1. The molecule has 33 heavy (non-hydrogen) atoms. The molecule has 2 unspecified atom stereocenters. The number of ether oxygens (including phenoxy) is 5. The Morgan fingerprint density at radius 1 is 0.788 bits per heavy atom. The summed E-state index contributed by atoms with van der Waals surface area (Å²) in [6, 6.07) is 3.43. The van der Waals surface area contributed by atoms with Crippen LogP contribution >= 0.6 is 0 Å². The van der Waals surface area contributed by atoms with Gasteiger partial charge in [-0.2, -0.15) is 0 Å². The minimum Gasteiger partial charge on any atom is -0.458 e. The van der Waals surface area contributed by atoms with Crippen LogP contribution in [-0.2, 0) is 35.0 Å². The smallest absolute Gasteiger partial charge is 0.458 e. The summed E-state index contributed by atoms with van der Waals surface area (Å²) in [5, 5.41) is 0. The van der Waals surface area contributed by atoms with E-state index in [0.717, 1.165) is 0 Å². The summed E-state index contributed by atoms with van der Waals surface area (Å²) in [4.78, 5) is 46.8. The second-order valence-electron chi connectivity index (χ2n) is 8.06. The lowest BCUT2D eigenvalue weighted by Gasteiger charge is -2.23. The molecule has 0 heterocycles. The normalized spacial score (nSPS) is 14.5. The molecule has 10 nitrogen and oxygen atoms in total. The number of rotatable bonds is 10. The quantitative estimate of drug-likeness (QED) is 0.403. The van der Waals surface area contributed by atoms with E-state index in [1.165, 1.54) is 26.0 Å². The maximum Gasteiger partial charge on any atom is 0.508 e. The number of carbonyl (C=O) groups is 4. The first-order valence-electron chi connectivity index (χ1n) is 10.6. The van der Waals surface area contributed by atoms with Crippen LogP contribution in [0.5, 0.6) is 11.5 Å². The van der Waals surface area contributed by atoms with E-state index in [0.29, 0.717) is 5.56 Å². The highest BCUT2D eigenvalue weighted by atomic mass is 16.7. The van der Waals surface area contributed by atoms with Crippen LogP contribution in [-0.4, -0.2) is 48.4 Å². The monoisotopic (exact) mass is 467 g/mol. The average molecular weight is 468 g/mol. The predicted octanol–water partition coefficient (Wildman–Crippen LogP) is 2.92. The molecular weight excluding hydrogens is 434 g/mol. The van der Waals surface area contributed by atoms with Gasteiger partial charge >= 0.3 is 24.1 Å². The SMILES string of the molecule is CC(=O)Oc1ccc(C[C@H](N)C(=O)O[C@@H](C)C(C)OC(=O)OC(C)C(C)C)cc1OC(C)=O. The van der Waals surface area contributed by atoms with Gasteiger partial charge in [0, 0.05) is 13.8 Å². The first kappa shape index (κ1) is 27.9. The molecule has 1 rings (SSSR count). The molecule has 2 N–H and O–H groups in total. The van der Waals surface area contributed by atoms with Crippen LogP contribution in [0.25, 0.3) is 0 Å². The number of hydrogen-bond donors (Lipinski definition) is 1. The Kier molecular flexibility index (Phi) is 10.8. The van der Waals surface area contributed by atoms with Crippen LogP contribution in [0.4, 0.5) is 4.79 Å². The second-order valence-corrected chi connectivity index (χ2v) is 8.06. The Labute approximate surface area is 193 Å². The van der Waals surface area contributed by atoms with E-state index in [1.54, 1.807) is 26.8 Å². The van der Waals surface area contributed by atoms with Crippen molar-refractivity contribution in [1.82, 2.24) is 0 Å². The number of benzene rings is 1. The van der Waals surface area contributed by atoms with Crippen molar-refractivity contribution in [1.29, 1.82) is 0 Å². The van der Waals surface area contributed by atoms with Gasteiger partial charge in [-0.3, -0.25) is 14.4 Å². The van der Waals surface area contributed by atoms with E-state index in [9.17, 15) is 19.2 Å². The van der Waals surface area contributed by atoms with Crippen LogP contribution in [0.15, 0.2) is 18.2 Å². The van der Waals surface area contributed by atoms with Crippen LogP contribution < -0.4 is 15.2 Å². The summed E-state index contributed by atoms with van der Waals surface area (Å²) >= 11 is 0. The maximum atomic E-state index is 12.4. The van der Waals surface area contributed by atoms with Gasteiger partial charge in [0.2, 0.25) is 0 Å². The first-order valence-corrected chi connectivity index (χ1v) is 10.6. The Bertz CT molecular complexity index is 852. The highest BCUT2D eigenvalue weighted by molar-refractivity contribution is 5.76. The Morgan fingerprint density at radius 3 is 1.85 bits per heavy atom. The molecule has 0 bridgehead atoms. The molecule has 10 heteroatoms. The largest absolute Gasteiger partial charge is 0.508 e. The van der Waals surface area contributed by atoms with Crippen LogP contribution in [0.2, 0.25) is 0 Å². The van der Waals surface area contributed by atoms with E-state index < -0.39 is 42.3 Å². The molecule has 184 valence electrons. The van der Waals surface area contributed by atoms with Crippen molar-refractivity contribution < 1.29 is 42.9 Å². The molecule has 0 radical (unpaired) electrons. The van der Waals surface area contributed by atoms with Gasteiger partial charge in [0.15, 0.2) is 11.5 Å². The summed E-state index contributed by atoms with van der Waals surface area (Å²) in [7, 11) is 0. The third-order valence-electron chi connectivity index (χ3n) is 4.74. The van der Waals surface area contributed by atoms with Gasteiger partial charge in [-0.15, -0.1) is 0 Å². The molecule has 0 saturated carbocycles. The Hall–Kier alpha value is -3.14. The van der Waals surface area contributed by atoms with Crippen LogP contribution in [0.1, 0.15) is 54.0 Å². The fourth-order valence-corrected chi connectivity index (χ4v) is 2.42. The zero-order valence-corrected chi connectivity index (χ0v) is 20.1. The van der Waals surface area contributed by atoms with E-state index in [2.05, 4.69) is 0 Å². The van der Waals surface area contributed by atoms with E-state index >= 15 is 0 Å². The summed E-state index contributed by atoms with van der Waals surface area (Å²) in [5.74, 6) is -1.67. The minimum atomic E-state index is -1.04. The lowest BCUT2D eigenvalue weighted by molar-refractivity contribution is -0.156. The van der Waals surface area contributed by atoms with Crippen LogP contribution in [0.3, 0.4) is 0 Å². The standard InChI is InChI=1S/C23H33NO9/c1-12(2)13(3)30-23(28)31-15(5)14(4)29-22(27)19(24)10-18-8-9-20(32-16(6)25)21(11-18)33-17(7)26/h8-9,11-15,19H,10,24H2,1-7H3/t13?,14-,15?,19-/m0/s1. The first-order chi connectivity index (χ1) is 15.3. The molecule has 0 spiro atoms. The predicted molar refractivity (Wildman–Crippen MR) is 118 cm³/mol. The fourth-order valence-electron chi connectivity index (χ4n) is 2.42. The molecule has 0 fully saturated rings. The van der Waals surface area contributed by atoms with Crippen molar-refractivity contribution in [2.45, 2.75) is 79.2 Å². The number of esters is 3. The number of hydrogen-bond acceptors (Lipinski definition) is 10. The van der Waals surface area contributed by atoms with E-state index in [4.69, 9.17) is 29.4 Å². The van der Waals surface area contributed by atoms with Crippen molar-refractivity contribution in [3.8, 4) is 11.5 Å². The van der Waals surface area contributed by atoms with Gasteiger partial charge in [0.1, 0.15) is 24.4 Å². The van der Waals surface area contributed by atoms with Crippen molar-refractivity contribution >= 4 is 24.1 Å². The van der Waals surface area contributed by atoms with Gasteiger partial charge in [0.05, 0.1) is 0 Å². The van der Waals surface area contributed by atoms with Gasteiger partial charge in [-0.05, 0) is 50.8 Å². The molecule has 0 saturated heterocycles. The highest BCUT2D eigenvalue weighted by Crippen LogP contribution is 2.29. The molecule has 0 aliphatic heterocycles. The molecule has 0 amide bonds. The van der Waals surface area contributed by atoms with Gasteiger partial charge in [-0.1, -0.05) is 19.9 Å². The summed E-state index contributed by atoms with van der Waals surface area (Å²) in [5.41, 5.74) is 6.52. The zero-order chi connectivity index (χ0) is 25.3. The molecular formula is C23H33NO9. The Balaban J connectivity index is 2.72. The molecule has 0 aromatic heterocycles. The maximum absolute atomic E-state index is 12.4.